The van der Waals surface area contributed by atoms with E-state index in [1.54, 1.807) is 0 Å². The molecule has 0 aliphatic carbocycles. The van der Waals surface area contributed by atoms with E-state index in [-0.39, 0.29) is 0 Å². The Labute approximate surface area is 103 Å². The fourth-order valence-electron chi connectivity index (χ4n) is 1.90. The quantitative estimate of drug-likeness (QED) is 0.424. The van der Waals surface area contributed by atoms with Crippen LogP contribution in [0.1, 0.15) is 39.5 Å². The number of hydrogen-bond donors (Lipinski definition) is 2. The van der Waals surface area contributed by atoms with Gasteiger partial charge in [-0.2, -0.15) is 0 Å². The highest BCUT2D eigenvalue weighted by atomic mass is 32.2. The van der Waals surface area contributed by atoms with Crippen molar-refractivity contribution >= 4 is 15.9 Å². The van der Waals surface area contributed by atoms with Gasteiger partial charge >= 0.3 is 0 Å². The van der Waals surface area contributed by atoms with Crippen LogP contribution in [0, 0.1) is 0 Å². The standard InChI is InChI=1S/C10H21N3O3S/c1-10(2,9(14)12-11)17(15,16)13-7-5-3-4-6-8-13/h3-8,11H2,1-2H3,(H,12,14). The first-order valence-corrected chi connectivity index (χ1v) is 7.29. The highest BCUT2D eigenvalue weighted by Gasteiger charge is 2.45. The van der Waals surface area contributed by atoms with Crippen molar-refractivity contribution in [3.8, 4) is 0 Å². The topological polar surface area (TPSA) is 92.5 Å². The van der Waals surface area contributed by atoms with Crippen LogP contribution in [0.2, 0.25) is 0 Å². The molecule has 0 radical (unpaired) electrons. The van der Waals surface area contributed by atoms with Gasteiger partial charge in [0.05, 0.1) is 0 Å². The molecule has 1 saturated heterocycles. The predicted molar refractivity (Wildman–Crippen MR) is 65.4 cm³/mol. The molecule has 0 unspecified atom stereocenters. The second kappa shape index (κ2) is 5.32. The molecular weight excluding hydrogens is 242 g/mol. The van der Waals surface area contributed by atoms with Gasteiger partial charge in [0.15, 0.2) is 4.75 Å². The van der Waals surface area contributed by atoms with Crippen LogP contribution in [-0.2, 0) is 14.8 Å². The summed E-state index contributed by atoms with van der Waals surface area (Å²) >= 11 is 0. The summed E-state index contributed by atoms with van der Waals surface area (Å²) < 4.78 is 24.6. The second-order valence-electron chi connectivity index (χ2n) is 4.80. The first-order valence-electron chi connectivity index (χ1n) is 5.85. The van der Waals surface area contributed by atoms with Gasteiger partial charge in [0.2, 0.25) is 10.0 Å². The number of rotatable bonds is 3. The number of hydrazine groups is 1. The third-order valence-corrected chi connectivity index (χ3v) is 5.75. The van der Waals surface area contributed by atoms with Crippen molar-refractivity contribution in [3.63, 3.8) is 0 Å². The third kappa shape index (κ3) is 2.78. The molecule has 100 valence electrons. The molecule has 0 bridgehead atoms. The van der Waals surface area contributed by atoms with Crippen molar-refractivity contribution in [2.24, 2.45) is 5.84 Å². The molecule has 1 aliphatic heterocycles. The van der Waals surface area contributed by atoms with Crippen LogP contribution in [0.5, 0.6) is 0 Å². The summed E-state index contributed by atoms with van der Waals surface area (Å²) in [7, 11) is -3.65. The number of carbonyl (C=O) groups is 1. The average molecular weight is 263 g/mol. The van der Waals surface area contributed by atoms with E-state index in [0.717, 1.165) is 25.7 Å². The molecule has 0 aromatic carbocycles. The molecule has 17 heavy (non-hydrogen) atoms. The van der Waals surface area contributed by atoms with Crippen LogP contribution in [0.25, 0.3) is 0 Å². The summed E-state index contributed by atoms with van der Waals surface area (Å²) in [5.41, 5.74) is 1.92. The largest absolute Gasteiger partial charge is 0.293 e. The van der Waals surface area contributed by atoms with Crippen molar-refractivity contribution < 1.29 is 13.2 Å². The smallest absolute Gasteiger partial charge is 0.256 e. The lowest BCUT2D eigenvalue weighted by Gasteiger charge is -2.30. The Kier molecular flexibility index (Phi) is 4.51. The van der Waals surface area contributed by atoms with Crippen molar-refractivity contribution in [1.82, 2.24) is 9.73 Å². The maximum atomic E-state index is 12.4. The Morgan fingerprint density at radius 1 is 1.18 bits per heavy atom. The number of carbonyl (C=O) groups excluding carboxylic acids is 1. The number of amides is 1. The summed E-state index contributed by atoms with van der Waals surface area (Å²) in [5.74, 6) is 4.35. The van der Waals surface area contributed by atoms with E-state index in [0.29, 0.717) is 13.1 Å². The Balaban J connectivity index is 2.96. The number of hydrogen-bond acceptors (Lipinski definition) is 4. The van der Waals surface area contributed by atoms with Crippen molar-refractivity contribution in [2.45, 2.75) is 44.3 Å². The molecular formula is C10H21N3O3S. The number of nitrogens with two attached hydrogens (primary N) is 1. The summed E-state index contributed by atoms with van der Waals surface area (Å²) in [5, 5.41) is 0. The van der Waals surface area contributed by atoms with Crippen LogP contribution in [0.15, 0.2) is 0 Å². The van der Waals surface area contributed by atoms with Gasteiger partial charge in [-0.05, 0) is 26.7 Å². The first kappa shape index (κ1) is 14.4. The van der Waals surface area contributed by atoms with Gasteiger partial charge in [0.25, 0.3) is 5.91 Å². The molecule has 0 aromatic heterocycles. The van der Waals surface area contributed by atoms with Crippen LogP contribution in [0.4, 0.5) is 0 Å². The normalized spacial score (nSPS) is 19.7. The fourth-order valence-corrected chi connectivity index (χ4v) is 3.57. The number of sulfonamides is 1. The Morgan fingerprint density at radius 2 is 1.65 bits per heavy atom. The zero-order valence-electron chi connectivity index (χ0n) is 10.4. The van der Waals surface area contributed by atoms with E-state index in [9.17, 15) is 13.2 Å². The SMILES string of the molecule is CC(C)(C(=O)NN)S(=O)(=O)N1CCCCCC1. The lowest BCUT2D eigenvalue weighted by molar-refractivity contribution is -0.123. The molecule has 0 atom stereocenters. The van der Waals surface area contributed by atoms with Crippen molar-refractivity contribution in [2.75, 3.05) is 13.1 Å². The van der Waals surface area contributed by atoms with Crippen LogP contribution < -0.4 is 11.3 Å². The monoisotopic (exact) mass is 263 g/mol. The summed E-state index contributed by atoms with van der Waals surface area (Å²) in [6.45, 7) is 3.75. The molecule has 6 nitrogen and oxygen atoms in total. The predicted octanol–water partition coefficient (Wildman–Crippen LogP) is -0.0393. The second-order valence-corrected chi connectivity index (χ2v) is 7.29. The van der Waals surface area contributed by atoms with Crippen LogP contribution in [-0.4, -0.2) is 36.5 Å². The van der Waals surface area contributed by atoms with Gasteiger partial charge in [-0.3, -0.25) is 10.2 Å². The van der Waals surface area contributed by atoms with E-state index in [1.165, 1.54) is 18.2 Å². The number of nitrogens with zero attached hydrogens (tertiary/aromatic N) is 1. The fraction of sp³-hybridized carbons (Fsp3) is 0.900. The lowest BCUT2D eigenvalue weighted by Crippen LogP contribution is -2.55. The van der Waals surface area contributed by atoms with Crippen molar-refractivity contribution in [3.05, 3.63) is 0 Å². The zero-order valence-corrected chi connectivity index (χ0v) is 11.2. The molecule has 1 fully saturated rings. The molecule has 1 rings (SSSR count). The van der Waals surface area contributed by atoms with Crippen molar-refractivity contribution in [1.29, 1.82) is 0 Å². The Hall–Kier alpha value is -0.660. The molecule has 3 N–H and O–H groups in total. The van der Waals surface area contributed by atoms with E-state index < -0.39 is 20.7 Å². The minimum atomic E-state index is -3.65. The minimum absolute atomic E-state index is 0.490. The van der Waals surface area contributed by atoms with Crippen LogP contribution >= 0.6 is 0 Å². The summed E-state index contributed by atoms with van der Waals surface area (Å²) in [4.78, 5) is 11.6. The van der Waals surface area contributed by atoms with Gasteiger partial charge in [0.1, 0.15) is 0 Å². The van der Waals surface area contributed by atoms with Gasteiger partial charge in [0, 0.05) is 13.1 Å². The van der Waals surface area contributed by atoms with E-state index in [2.05, 4.69) is 0 Å². The third-order valence-electron chi connectivity index (χ3n) is 3.23. The van der Waals surface area contributed by atoms with Crippen LogP contribution in [0.3, 0.4) is 0 Å². The molecule has 0 saturated carbocycles. The van der Waals surface area contributed by atoms with E-state index >= 15 is 0 Å². The lowest BCUT2D eigenvalue weighted by atomic mass is 10.2. The summed E-state index contributed by atoms with van der Waals surface area (Å²) in [6, 6.07) is 0. The highest BCUT2D eigenvalue weighted by molar-refractivity contribution is 7.91. The van der Waals surface area contributed by atoms with Gasteiger partial charge in [-0.15, -0.1) is 0 Å². The number of nitrogens with one attached hydrogen (secondary N) is 1. The van der Waals surface area contributed by atoms with E-state index in [1.807, 2.05) is 5.43 Å². The molecule has 1 heterocycles. The minimum Gasteiger partial charge on any atom is -0.293 e. The average Bonchev–Trinajstić information content (AvgIpc) is 2.56. The molecule has 1 aliphatic rings. The Morgan fingerprint density at radius 3 is 2.06 bits per heavy atom. The molecule has 7 heteroatoms. The maximum absolute atomic E-state index is 12.4. The van der Waals surface area contributed by atoms with E-state index in [4.69, 9.17) is 5.84 Å². The van der Waals surface area contributed by atoms with Gasteiger partial charge in [-0.1, -0.05) is 12.8 Å². The zero-order chi connectivity index (χ0) is 13.1. The molecule has 0 aromatic rings. The molecule has 0 spiro atoms. The highest BCUT2D eigenvalue weighted by Crippen LogP contribution is 2.24. The maximum Gasteiger partial charge on any atom is 0.256 e. The first-order chi connectivity index (χ1) is 7.84. The Bertz CT molecular complexity index is 370. The summed E-state index contributed by atoms with van der Waals surface area (Å²) in [6.07, 6.45) is 3.77. The molecule has 1 amide bonds. The van der Waals surface area contributed by atoms with Gasteiger partial charge < -0.3 is 0 Å². The van der Waals surface area contributed by atoms with Gasteiger partial charge in [-0.25, -0.2) is 18.6 Å².